The Balaban J connectivity index is 1.39. The maximum absolute atomic E-state index is 13.1. The SMILES string of the molecule is COCC(O)NCc1cccc(NC(=O)COc2cccc3c2C(=O)N(C2CCC(=O)NC2=O)C3=O)c1. The van der Waals surface area contributed by atoms with E-state index in [9.17, 15) is 29.1 Å². The number of nitrogens with zero attached hydrogens (tertiary/aromatic N) is 1. The summed E-state index contributed by atoms with van der Waals surface area (Å²) < 4.78 is 10.5. The number of amides is 5. The highest BCUT2D eigenvalue weighted by Gasteiger charge is 2.46. The first-order chi connectivity index (χ1) is 17.8. The van der Waals surface area contributed by atoms with Crippen molar-refractivity contribution < 1.29 is 38.6 Å². The largest absolute Gasteiger partial charge is 0.483 e. The molecule has 2 unspecified atom stereocenters. The summed E-state index contributed by atoms with van der Waals surface area (Å²) in [5.74, 6) is -3.02. The molecule has 12 nitrogen and oxygen atoms in total. The summed E-state index contributed by atoms with van der Waals surface area (Å²) in [5.41, 5.74) is 1.34. The molecule has 0 aromatic heterocycles. The summed E-state index contributed by atoms with van der Waals surface area (Å²) in [7, 11) is 1.48. The van der Waals surface area contributed by atoms with E-state index in [1.807, 2.05) is 6.07 Å². The minimum absolute atomic E-state index is 0.0122. The number of imide groups is 2. The van der Waals surface area contributed by atoms with Gasteiger partial charge in [-0.25, -0.2) is 0 Å². The Kier molecular flexibility index (Phi) is 7.92. The lowest BCUT2D eigenvalue weighted by molar-refractivity contribution is -0.136. The number of rotatable bonds is 10. The number of piperidine rings is 1. The number of hydrogen-bond donors (Lipinski definition) is 4. The van der Waals surface area contributed by atoms with Crippen molar-refractivity contribution in [3.63, 3.8) is 0 Å². The zero-order valence-electron chi connectivity index (χ0n) is 20.0. The van der Waals surface area contributed by atoms with E-state index in [-0.39, 0.29) is 36.3 Å². The fourth-order valence-electron chi connectivity index (χ4n) is 4.16. The third kappa shape index (κ3) is 5.82. The van der Waals surface area contributed by atoms with Crippen molar-refractivity contribution in [2.75, 3.05) is 25.6 Å². The molecule has 2 heterocycles. The van der Waals surface area contributed by atoms with Crippen LogP contribution in [0.5, 0.6) is 5.75 Å². The van der Waals surface area contributed by atoms with Crippen LogP contribution in [-0.2, 0) is 25.7 Å². The summed E-state index contributed by atoms with van der Waals surface area (Å²) >= 11 is 0. The van der Waals surface area contributed by atoms with Gasteiger partial charge < -0.3 is 19.9 Å². The summed E-state index contributed by atoms with van der Waals surface area (Å²) in [6.45, 7) is 0.0441. The van der Waals surface area contributed by atoms with Gasteiger partial charge in [0.2, 0.25) is 11.8 Å². The average molecular weight is 511 g/mol. The zero-order chi connectivity index (χ0) is 26.5. The van der Waals surface area contributed by atoms with E-state index in [1.165, 1.54) is 25.3 Å². The van der Waals surface area contributed by atoms with Crippen molar-refractivity contribution in [1.82, 2.24) is 15.5 Å². The summed E-state index contributed by atoms with van der Waals surface area (Å²) in [6.07, 6.45) is -0.780. The average Bonchev–Trinajstić information content (AvgIpc) is 3.12. The summed E-state index contributed by atoms with van der Waals surface area (Å²) in [6, 6.07) is 10.3. The predicted octanol–water partition coefficient (Wildman–Crippen LogP) is 0.160. The molecule has 2 aliphatic heterocycles. The number of ether oxygens (including phenoxy) is 2. The molecule has 2 atom stereocenters. The second kappa shape index (κ2) is 11.3. The lowest BCUT2D eigenvalue weighted by atomic mass is 10.0. The topological polar surface area (TPSA) is 163 Å². The van der Waals surface area contributed by atoms with E-state index < -0.39 is 48.4 Å². The molecule has 5 amide bonds. The number of anilines is 1. The summed E-state index contributed by atoms with van der Waals surface area (Å²) in [4.78, 5) is 63.1. The van der Waals surface area contributed by atoms with Crippen LogP contribution in [0.2, 0.25) is 0 Å². The Morgan fingerprint density at radius 1 is 1.16 bits per heavy atom. The van der Waals surface area contributed by atoms with Crippen molar-refractivity contribution in [3.8, 4) is 5.75 Å². The van der Waals surface area contributed by atoms with Gasteiger partial charge in [-0.2, -0.15) is 0 Å². The van der Waals surface area contributed by atoms with Crippen LogP contribution in [0, 0.1) is 0 Å². The van der Waals surface area contributed by atoms with Crippen molar-refractivity contribution in [3.05, 3.63) is 59.2 Å². The molecule has 0 bridgehead atoms. The van der Waals surface area contributed by atoms with E-state index in [4.69, 9.17) is 9.47 Å². The Labute approximate surface area is 211 Å². The fraction of sp³-hybridized carbons (Fsp3) is 0.320. The van der Waals surface area contributed by atoms with Gasteiger partial charge in [-0.05, 0) is 36.2 Å². The van der Waals surface area contributed by atoms with Crippen molar-refractivity contribution in [2.24, 2.45) is 0 Å². The minimum atomic E-state index is -1.10. The lowest BCUT2D eigenvalue weighted by Crippen LogP contribution is -2.54. The highest BCUT2D eigenvalue weighted by Crippen LogP contribution is 2.33. The molecule has 194 valence electrons. The van der Waals surface area contributed by atoms with E-state index in [0.29, 0.717) is 12.2 Å². The summed E-state index contributed by atoms with van der Waals surface area (Å²) in [5, 5.41) is 17.4. The molecule has 12 heteroatoms. The van der Waals surface area contributed by atoms with Gasteiger partial charge in [0.15, 0.2) is 6.61 Å². The second-order valence-corrected chi connectivity index (χ2v) is 8.52. The van der Waals surface area contributed by atoms with Crippen molar-refractivity contribution in [2.45, 2.75) is 31.7 Å². The van der Waals surface area contributed by atoms with E-state index >= 15 is 0 Å². The fourth-order valence-corrected chi connectivity index (χ4v) is 4.16. The molecular weight excluding hydrogens is 484 g/mol. The Morgan fingerprint density at radius 2 is 1.95 bits per heavy atom. The molecule has 0 aliphatic carbocycles. The van der Waals surface area contributed by atoms with Gasteiger partial charge in [0.25, 0.3) is 17.7 Å². The number of carbonyl (C=O) groups excluding carboxylic acids is 5. The number of fused-ring (bicyclic) bond motifs is 1. The smallest absolute Gasteiger partial charge is 0.266 e. The lowest BCUT2D eigenvalue weighted by Gasteiger charge is -2.27. The van der Waals surface area contributed by atoms with Crippen LogP contribution in [0.3, 0.4) is 0 Å². The standard InChI is InChI=1S/C25H26N4O8/c1-36-12-20(31)26-11-14-4-2-5-15(10-14)27-21(32)13-37-18-7-3-6-16-22(18)25(35)29(24(16)34)17-8-9-19(30)28-23(17)33/h2-7,10,17,20,26,31H,8-9,11-13H2,1H3,(H,27,32)(H,28,30,33). The Morgan fingerprint density at radius 3 is 2.70 bits per heavy atom. The first-order valence-electron chi connectivity index (χ1n) is 11.5. The van der Waals surface area contributed by atoms with Crippen LogP contribution in [0.25, 0.3) is 0 Å². The second-order valence-electron chi connectivity index (χ2n) is 8.52. The molecule has 2 aliphatic rings. The number of benzene rings is 2. The van der Waals surface area contributed by atoms with Crippen LogP contribution < -0.4 is 20.7 Å². The Bertz CT molecular complexity index is 1250. The zero-order valence-corrected chi connectivity index (χ0v) is 20.0. The maximum atomic E-state index is 13.1. The number of methoxy groups -OCH3 is 1. The predicted molar refractivity (Wildman–Crippen MR) is 128 cm³/mol. The third-order valence-electron chi connectivity index (χ3n) is 5.87. The molecule has 0 spiro atoms. The highest BCUT2D eigenvalue weighted by molar-refractivity contribution is 6.24. The van der Waals surface area contributed by atoms with Gasteiger partial charge in [0, 0.05) is 25.8 Å². The quantitative estimate of drug-likeness (QED) is 0.257. The van der Waals surface area contributed by atoms with Crippen LogP contribution in [0.1, 0.15) is 39.1 Å². The van der Waals surface area contributed by atoms with Gasteiger partial charge in [-0.15, -0.1) is 0 Å². The molecule has 4 N–H and O–H groups in total. The molecule has 1 saturated heterocycles. The van der Waals surface area contributed by atoms with Crippen LogP contribution >= 0.6 is 0 Å². The highest BCUT2D eigenvalue weighted by atomic mass is 16.5. The molecule has 2 aromatic rings. The van der Waals surface area contributed by atoms with E-state index in [1.54, 1.807) is 18.2 Å². The number of hydrogen-bond acceptors (Lipinski definition) is 9. The first kappa shape index (κ1) is 25.9. The number of nitrogens with one attached hydrogen (secondary N) is 3. The maximum Gasteiger partial charge on any atom is 0.266 e. The number of aliphatic hydroxyl groups is 1. The molecule has 4 rings (SSSR count). The minimum Gasteiger partial charge on any atom is -0.483 e. The van der Waals surface area contributed by atoms with Gasteiger partial charge >= 0.3 is 0 Å². The van der Waals surface area contributed by atoms with E-state index in [2.05, 4.69) is 16.0 Å². The number of aliphatic hydroxyl groups excluding tert-OH is 1. The number of carbonyl (C=O) groups is 5. The van der Waals surface area contributed by atoms with Crippen LogP contribution in [0.4, 0.5) is 5.69 Å². The van der Waals surface area contributed by atoms with Crippen LogP contribution in [-0.4, -0.2) is 72.1 Å². The van der Waals surface area contributed by atoms with Crippen LogP contribution in [0.15, 0.2) is 42.5 Å². The van der Waals surface area contributed by atoms with Crippen molar-refractivity contribution in [1.29, 1.82) is 0 Å². The molecule has 0 saturated carbocycles. The Hall–Kier alpha value is -4.13. The van der Waals surface area contributed by atoms with Gasteiger partial charge in [0.1, 0.15) is 18.0 Å². The molecule has 2 aromatic carbocycles. The molecular formula is C25H26N4O8. The van der Waals surface area contributed by atoms with E-state index in [0.717, 1.165) is 10.5 Å². The normalized spacial score (nSPS) is 17.9. The first-order valence-corrected chi connectivity index (χ1v) is 11.5. The van der Waals surface area contributed by atoms with Gasteiger partial charge in [-0.3, -0.25) is 39.5 Å². The van der Waals surface area contributed by atoms with Crippen molar-refractivity contribution >= 4 is 35.2 Å². The third-order valence-corrected chi connectivity index (χ3v) is 5.87. The van der Waals surface area contributed by atoms with Gasteiger partial charge in [-0.1, -0.05) is 18.2 Å². The molecule has 37 heavy (non-hydrogen) atoms. The molecule has 0 radical (unpaired) electrons. The molecule has 1 fully saturated rings. The monoisotopic (exact) mass is 510 g/mol. The van der Waals surface area contributed by atoms with Gasteiger partial charge in [0.05, 0.1) is 17.7 Å².